The lowest BCUT2D eigenvalue weighted by atomic mass is 9.94. The maximum absolute atomic E-state index is 5.24. The van der Waals surface area contributed by atoms with Crippen LogP contribution in [0.1, 0.15) is 24.8 Å². The van der Waals surface area contributed by atoms with Crippen LogP contribution >= 0.6 is 0 Å². The first-order valence-corrected chi connectivity index (χ1v) is 6.71. The second kappa shape index (κ2) is 3.72. The Kier molecular flexibility index (Phi) is 2.15. The SMILES string of the molecule is CN1C2C=C(c3ccc4coccc3-4)CC1CC2. The summed E-state index contributed by atoms with van der Waals surface area (Å²) >= 11 is 0. The maximum Gasteiger partial charge on any atom is 0.0980 e. The molecule has 2 atom stereocenters. The van der Waals surface area contributed by atoms with E-state index in [1.807, 2.05) is 6.26 Å². The number of fused-ring (bicyclic) bond motifs is 3. The predicted octanol–water partition coefficient (Wildman–Crippen LogP) is 3.63. The molecule has 3 aliphatic heterocycles. The Hall–Kier alpha value is -1.54. The molecule has 3 heterocycles. The van der Waals surface area contributed by atoms with Crippen LogP contribution in [0.15, 0.2) is 41.2 Å². The van der Waals surface area contributed by atoms with Gasteiger partial charge in [-0.2, -0.15) is 0 Å². The van der Waals surface area contributed by atoms with E-state index in [1.54, 1.807) is 6.26 Å². The zero-order chi connectivity index (χ0) is 12.1. The molecule has 2 unspecified atom stereocenters. The number of hydrogen-bond donors (Lipinski definition) is 0. The van der Waals surface area contributed by atoms with Gasteiger partial charge < -0.3 is 4.42 Å². The van der Waals surface area contributed by atoms with E-state index in [2.05, 4.69) is 36.2 Å². The molecule has 0 saturated carbocycles. The summed E-state index contributed by atoms with van der Waals surface area (Å²) in [5, 5.41) is 0. The van der Waals surface area contributed by atoms with Gasteiger partial charge in [-0.05, 0) is 49.1 Å². The summed E-state index contributed by atoms with van der Waals surface area (Å²) in [5.74, 6) is 0. The molecule has 0 amide bonds. The number of hydrogen-bond acceptors (Lipinski definition) is 2. The first-order chi connectivity index (χ1) is 8.83. The van der Waals surface area contributed by atoms with Crippen molar-refractivity contribution in [2.75, 3.05) is 7.05 Å². The molecule has 1 aliphatic carbocycles. The third kappa shape index (κ3) is 1.39. The van der Waals surface area contributed by atoms with Gasteiger partial charge in [0, 0.05) is 17.6 Å². The number of rotatable bonds is 1. The van der Waals surface area contributed by atoms with Crippen LogP contribution < -0.4 is 0 Å². The minimum absolute atomic E-state index is 0.650. The van der Waals surface area contributed by atoms with E-state index < -0.39 is 0 Å². The molecule has 4 aliphatic rings. The summed E-state index contributed by atoms with van der Waals surface area (Å²) in [5.41, 5.74) is 5.48. The Morgan fingerprint density at radius 2 is 2.11 bits per heavy atom. The highest BCUT2D eigenvalue weighted by Crippen LogP contribution is 2.41. The molecule has 0 spiro atoms. The van der Waals surface area contributed by atoms with Gasteiger partial charge in [-0.1, -0.05) is 18.2 Å². The Balaban J connectivity index is 1.79. The Morgan fingerprint density at radius 3 is 3.00 bits per heavy atom. The highest BCUT2D eigenvalue weighted by molar-refractivity contribution is 5.84. The lowest BCUT2D eigenvalue weighted by Crippen LogP contribution is -2.34. The van der Waals surface area contributed by atoms with Gasteiger partial charge in [-0.3, -0.25) is 4.90 Å². The Labute approximate surface area is 107 Å². The molecule has 4 rings (SSSR count). The first-order valence-electron chi connectivity index (χ1n) is 6.71. The van der Waals surface area contributed by atoms with Crippen LogP contribution in [0.4, 0.5) is 0 Å². The van der Waals surface area contributed by atoms with Crippen LogP contribution in [0, 0.1) is 0 Å². The average molecular weight is 239 g/mol. The molecule has 2 bridgehead atoms. The number of likely N-dealkylation sites (N-methyl/N-ethyl adjacent to an activating group) is 1. The second-order valence-electron chi connectivity index (χ2n) is 5.53. The van der Waals surface area contributed by atoms with Gasteiger partial charge in [0.2, 0.25) is 0 Å². The summed E-state index contributed by atoms with van der Waals surface area (Å²) in [6, 6.07) is 7.89. The summed E-state index contributed by atoms with van der Waals surface area (Å²) < 4.78 is 5.24. The molecule has 0 aromatic heterocycles. The van der Waals surface area contributed by atoms with E-state index in [9.17, 15) is 0 Å². The van der Waals surface area contributed by atoms with E-state index >= 15 is 0 Å². The molecule has 1 saturated heterocycles. The van der Waals surface area contributed by atoms with Crippen LogP contribution in [0.2, 0.25) is 0 Å². The summed E-state index contributed by atoms with van der Waals surface area (Å²) in [6.07, 6.45) is 9.94. The van der Waals surface area contributed by atoms with Crippen molar-refractivity contribution in [1.29, 1.82) is 0 Å². The van der Waals surface area contributed by atoms with E-state index in [4.69, 9.17) is 4.42 Å². The van der Waals surface area contributed by atoms with Gasteiger partial charge in [0.05, 0.1) is 12.5 Å². The highest BCUT2D eigenvalue weighted by Gasteiger charge is 2.34. The van der Waals surface area contributed by atoms with Gasteiger partial charge >= 0.3 is 0 Å². The van der Waals surface area contributed by atoms with Crippen molar-refractivity contribution in [3.63, 3.8) is 0 Å². The summed E-state index contributed by atoms with van der Waals surface area (Å²) in [4.78, 5) is 2.53. The van der Waals surface area contributed by atoms with E-state index in [1.165, 1.54) is 41.5 Å². The van der Waals surface area contributed by atoms with Crippen LogP contribution in [0.3, 0.4) is 0 Å². The van der Waals surface area contributed by atoms with E-state index in [0.717, 1.165) is 6.04 Å². The Bertz CT molecular complexity index is 583. The van der Waals surface area contributed by atoms with Gasteiger partial charge in [-0.15, -0.1) is 0 Å². The molecule has 18 heavy (non-hydrogen) atoms. The minimum Gasteiger partial charge on any atom is -0.472 e. The van der Waals surface area contributed by atoms with Gasteiger partial charge in [0.25, 0.3) is 0 Å². The fourth-order valence-electron chi connectivity index (χ4n) is 3.54. The topological polar surface area (TPSA) is 16.4 Å². The van der Waals surface area contributed by atoms with Crippen molar-refractivity contribution >= 4 is 5.57 Å². The predicted molar refractivity (Wildman–Crippen MR) is 72.5 cm³/mol. The zero-order valence-corrected chi connectivity index (χ0v) is 10.6. The van der Waals surface area contributed by atoms with Crippen LogP contribution in [-0.2, 0) is 0 Å². The molecule has 0 N–H and O–H groups in total. The molecule has 0 aromatic carbocycles. The normalized spacial score (nSPS) is 27.7. The largest absolute Gasteiger partial charge is 0.472 e. The van der Waals surface area contributed by atoms with Crippen molar-refractivity contribution in [2.45, 2.75) is 31.3 Å². The van der Waals surface area contributed by atoms with Crippen molar-refractivity contribution in [3.8, 4) is 11.1 Å². The summed E-state index contributed by atoms with van der Waals surface area (Å²) in [6.45, 7) is 0. The smallest absolute Gasteiger partial charge is 0.0980 e. The third-order valence-electron chi connectivity index (χ3n) is 4.63. The fraction of sp³-hybridized carbons (Fsp3) is 0.375. The molecule has 0 radical (unpaired) electrons. The second-order valence-corrected chi connectivity index (χ2v) is 5.53. The molecule has 2 heteroatoms. The van der Waals surface area contributed by atoms with Crippen LogP contribution in [-0.4, -0.2) is 24.0 Å². The first kappa shape index (κ1) is 10.4. The monoisotopic (exact) mass is 239 g/mol. The van der Waals surface area contributed by atoms with Crippen molar-refractivity contribution in [3.05, 3.63) is 42.4 Å². The Morgan fingerprint density at radius 1 is 1.17 bits per heavy atom. The van der Waals surface area contributed by atoms with Crippen molar-refractivity contribution in [2.24, 2.45) is 0 Å². The van der Waals surface area contributed by atoms with Crippen LogP contribution in [0.5, 0.6) is 0 Å². The number of nitrogens with zero attached hydrogens (tertiary/aromatic N) is 1. The average Bonchev–Trinajstić information content (AvgIpc) is 2.88. The van der Waals surface area contributed by atoms with E-state index in [0.29, 0.717) is 6.04 Å². The molecular weight excluding hydrogens is 222 g/mol. The lowest BCUT2D eigenvalue weighted by molar-refractivity contribution is 0.264. The molecule has 1 fully saturated rings. The minimum atomic E-state index is 0.650. The lowest BCUT2D eigenvalue weighted by Gasteiger charge is -2.30. The van der Waals surface area contributed by atoms with E-state index in [-0.39, 0.29) is 0 Å². The zero-order valence-electron chi connectivity index (χ0n) is 10.6. The molecular formula is C16H17NO. The molecule has 2 nitrogen and oxygen atoms in total. The fourth-order valence-corrected chi connectivity index (χ4v) is 3.54. The molecule has 92 valence electrons. The third-order valence-corrected chi connectivity index (χ3v) is 4.63. The molecule has 0 aromatic rings. The standard InChI is InChI=1S/C16H17NO/c1-17-13-3-4-14(17)9-12(8-13)15-5-2-11-10-18-7-6-16(11)15/h2,5-8,10,13-14H,3-4,9H2,1H3. The van der Waals surface area contributed by atoms with Crippen molar-refractivity contribution in [1.82, 2.24) is 4.90 Å². The van der Waals surface area contributed by atoms with Crippen molar-refractivity contribution < 1.29 is 4.42 Å². The van der Waals surface area contributed by atoms with Gasteiger partial charge in [-0.25, -0.2) is 0 Å². The van der Waals surface area contributed by atoms with Crippen LogP contribution in [0.25, 0.3) is 16.7 Å². The highest BCUT2D eigenvalue weighted by atomic mass is 16.3. The maximum atomic E-state index is 5.24. The van der Waals surface area contributed by atoms with Gasteiger partial charge in [0.1, 0.15) is 0 Å². The summed E-state index contributed by atoms with van der Waals surface area (Å²) in [7, 11) is 2.26. The quantitative estimate of drug-likeness (QED) is 0.755. The van der Waals surface area contributed by atoms with Gasteiger partial charge in [0.15, 0.2) is 0 Å².